The fourth-order valence-electron chi connectivity index (χ4n) is 6.70. The average molecular weight is 781 g/mol. The summed E-state index contributed by atoms with van der Waals surface area (Å²) >= 11 is 7.27. The SMILES string of the molecule is Brc1ccc2c(c1)sc1ccc3ccccc3c12.N#Cc1ccc(Cc2ccc3c(c2)sc2ccc4ccccc4c23)cc1.[C-]#[N+]c1ccc(N)cc1. The van der Waals surface area contributed by atoms with Crippen LogP contribution in [-0.4, -0.2) is 0 Å². The van der Waals surface area contributed by atoms with Crippen molar-refractivity contribution in [2.75, 3.05) is 5.73 Å². The lowest BCUT2D eigenvalue weighted by Gasteiger charge is -2.03. The summed E-state index contributed by atoms with van der Waals surface area (Å²) in [6.07, 6.45) is 0.886. The van der Waals surface area contributed by atoms with Gasteiger partial charge in [0.2, 0.25) is 0 Å². The van der Waals surface area contributed by atoms with Gasteiger partial charge in [-0.25, -0.2) is 4.85 Å². The van der Waals surface area contributed by atoms with Crippen molar-refractivity contribution in [3.05, 3.63) is 190 Å². The number of anilines is 1. The van der Waals surface area contributed by atoms with E-state index in [1.54, 1.807) is 24.3 Å². The molecule has 0 spiro atoms. The normalized spacial score (nSPS) is 10.8. The molecule has 2 N–H and O–H groups in total. The smallest absolute Gasteiger partial charge is 0.187 e. The van der Waals surface area contributed by atoms with Crippen molar-refractivity contribution >= 4 is 112 Å². The second-order valence-corrected chi connectivity index (χ2v) is 15.8. The van der Waals surface area contributed by atoms with E-state index in [0.717, 1.165) is 10.9 Å². The Kier molecular flexibility index (Phi) is 9.59. The van der Waals surface area contributed by atoms with E-state index in [2.05, 4.69) is 136 Å². The molecule has 0 unspecified atom stereocenters. The molecule has 2 aromatic heterocycles. The highest BCUT2D eigenvalue weighted by Gasteiger charge is 2.10. The van der Waals surface area contributed by atoms with Crippen LogP contribution in [0.4, 0.5) is 11.4 Å². The molecule has 0 fully saturated rings. The van der Waals surface area contributed by atoms with Crippen LogP contribution in [0, 0.1) is 17.9 Å². The first-order valence-corrected chi connectivity index (χ1v) is 19.4. The third-order valence-corrected chi connectivity index (χ3v) is 12.0. The molecule has 0 bridgehead atoms. The molecule has 0 saturated carbocycles. The zero-order chi connectivity index (χ0) is 36.3. The Morgan fingerprint density at radius 1 is 0.566 bits per heavy atom. The van der Waals surface area contributed by atoms with Crippen LogP contribution in [0.15, 0.2) is 162 Å². The number of thiophene rings is 2. The van der Waals surface area contributed by atoms with E-state index in [1.165, 1.54) is 73.0 Å². The highest BCUT2D eigenvalue weighted by molar-refractivity contribution is 9.10. The Bertz CT molecular complexity index is 3020. The Hall–Kier alpha value is -6.02. The summed E-state index contributed by atoms with van der Waals surface area (Å²) in [5, 5.41) is 19.7. The van der Waals surface area contributed by atoms with Crippen molar-refractivity contribution in [3.63, 3.8) is 0 Å². The summed E-state index contributed by atoms with van der Waals surface area (Å²) in [6, 6.07) is 56.3. The van der Waals surface area contributed by atoms with Crippen molar-refractivity contribution in [2.45, 2.75) is 6.42 Å². The molecule has 10 rings (SSSR count). The number of nitrogen functional groups attached to an aromatic ring is 1. The van der Waals surface area contributed by atoms with E-state index in [9.17, 15) is 0 Å². The fraction of sp³-hybridized carbons (Fsp3) is 0.0213. The molecule has 8 aromatic carbocycles. The Labute approximate surface area is 323 Å². The van der Waals surface area contributed by atoms with Crippen LogP contribution in [0.25, 0.3) is 66.7 Å². The quantitative estimate of drug-likeness (QED) is 0.140. The third kappa shape index (κ3) is 7.09. The lowest BCUT2D eigenvalue weighted by molar-refractivity contribution is 1.20. The van der Waals surface area contributed by atoms with Crippen LogP contribution >= 0.6 is 38.6 Å². The lowest BCUT2D eigenvalue weighted by Crippen LogP contribution is -1.88. The van der Waals surface area contributed by atoms with E-state index in [4.69, 9.17) is 17.6 Å². The number of halogens is 1. The number of nitrogens with zero attached hydrogens (tertiary/aromatic N) is 2. The molecule has 0 saturated heterocycles. The number of hydrogen-bond acceptors (Lipinski definition) is 4. The molecule has 0 amide bonds. The van der Waals surface area contributed by atoms with Gasteiger partial charge in [-0.2, -0.15) is 5.26 Å². The number of benzene rings is 8. The topological polar surface area (TPSA) is 54.2 Å². The van der Waals surface area contributed by atoms with Crippen LogP contribution in [0.2, 0.25) is 0 Å². The zero-order valence-corrected chi connectivity index (χ0v) is 31.6. The Morgan fingerprint density at radius 2 is 1.11 bits per heavy atom. The van der Waals surface area contributed by atoms with Gasteiger partial charge in [0.15, 0.2) is 5.69 Å². The number of rotatable bonds is 2. The van der Waals surface area contributed by atoms with Crippen LogP contribution in [0.5, 0.6) is 0 Å². The molecule has 6 heteroatoms. The maximum atomic E-state index is 8.93. The summed E-state index contributed by atoms with van der Waals surface area (Å²) < 4.78 is 6.53. The third-order valence-electron chi connectivity index (χ3n) is 9.26. The molecular formula is C47H30BrN3S2. The fourth-order valence-corrected chi connectivity index (χ4v) is 9.56. The summed E-state index contributed by atoms with van der Waals surface area (Å²) in [7, 11) is 0. The van der Waals surface area contributed by atoms with E-state index in [0.29, 0.717) is 16.9 Å². The minimum atomic E-state index is 0.629. The molecule has 0 radical (unpaired) electrons. The summed E-state index contributed by atoms with van der Waals surface area (Å²) in [5.74, 6) is 0. The summed E-state index contributed by atoms with van der Waals surface area (Å²) in [4.78, 5) is 3.21. The largest absolute Gasteiger partial charge is 0.399 e. The number of fused-ring (bicyclic) bond motifs is 10. The molecule has 0 atom stereocenters. The van der Waals surface area contributed by atoms with Crippen molar-refractivity contribution < 1.29 is 0 Å². The van der Waals surface area contributed by atoms with Gasteiger partial charge < -0.3 is 5.73 Å². The molecule has 2 heterocycles. The van der Waals surface area contributed by atoms with Gasteiger partial charge in [-0.1, -0.05) is 119 Å². The first kappa shape index (κ1) is 34.1. The van der Waals surface area contributed by atoms with Crippen LogP contribution < -0.4 is 5.73 Å². The standard InChI is InChI=1S/C24H15NS.C16H9BrS.C7H6N2/c25-15-17-7-5-16(6-8-17)13-18-9-11-21-23(14-18)26-22-12-10-19-3-1-2-4-20(19)24(21)22;17-11-6-7-13-15(9-11)18-14-8-5-10-3-1-2-4-12(10)16(13)14;1-9-7-4-2-6(8)3-5-7/h1-12,14H,13H2;1-9H;2-5H,8H2. The van der Waals surface area contributed by atoms with Gasteiger partial charge in [0.1, 0.15) is 0 Å². The maximum absolute atomic E-state index is 8.93. The highest BCUT2D eigenvalue weighted by atomic mass is 79.9. The molecule has 0 aliphatic carbocycles. The van der Waals surface area contributed by atoms with Crippen molar-refractivity contribution in [1.29, 1.82) is 5.26 Å². The zero-order valence-electron chi connectivity index (χ0n) is 28.4. The van der Waals surface area contributed by atoms with Gasteiger partial charge in [0, 0.05) is 50.5 Å². The van der Waals surface area contributed by atoms with Crippen LogP contribution in [0.1, 0.15) is 16.7 Å². The molecule has 3 nitrogen and oxygen atoms in total. The van der Waals surface area contributed by atoms with Crippen molar-refractivity contribution in [3.8, 4) is 6.07 Å². The number of hydrogen-bond donors (Lipinski definition) is 1. The first-order chi connectivity index (χ1) is 26.0. The molecule has 53 heavy (non-hydrogen) atoms. The lowest BCUT2D eigenvalue weighted by atomic mass is 10.0. The van der Waals surface area contributed by atoms with E-state index >= 15 is 0 Å². The van der Waals surface area contributed by atoms with Gasteiger partial charge in [0.25, 0.3) is 0 Å². The maximum Gasteiger partial charge on any atom is 0.187 e. The average Bonchev–Trinajstić information content (AvgIpc) is 3.77. The van der Waals surface area contributed by atoms with Crippen LogP contribution in [0.3, 0.4) is 0 Å². The number of nitriles is 1. The molecular weight excluding hydrogens is 751 g/mol. The highest BCUT2D eigenvalue weighted by Crippen LogP contribution is 2.40. The van der Waals surface area contributed by atoms with Crippen molar-refractivity contribution in [1.82, 2.24) is 0 Å². The number of nitrogens with two attached hydrogens (primary N) is 1. The van der Waals surface area contributed by atoms with Gasteiger partial charge in [-0.05, 0) is 93.7 Å². The first-order valence-electron chi connectivity index (χ1n) is 17.0. The minimum absolute atomic E-state index is 0.629. The van der Waals surface area contributed by atoms with Crippen molar-refractivity contribution in [2.24, 2.45) is 0 Å². The second kappa shape index (κ2) is 14.9. The van der Waals surface area contributed by atoms with E-state index in [1.807, 2.05) is 46.9 Å². The second-order valence-electron chi connectivity index (χ2n) is 12.7. The summed E-state index contributed by atoms with van der Waals surface area (Å²) in [5.41, 5.74) is 9.95. The summed E-state index contributed by atoms with van der Waals surface area (Å²) in [6.45, 7) is 6.60. The molecule has 0 aliphatic rings. The van der Waals surface area contributed by atoms with Gasteiger partial charge in [-0.3, -0.25) is 0 Å². The Balaban J connectivity index is 0.000000128. The molecule has 252 valence electrons. The van der Waals surface area contributed by atoms with E-state index in [-0.39, 0.29) is 0 Å². The minimum Gasteiger partial charge on any atom is -0.399 e. The van der Waals surface area contributed by atoms with Gasteiger partial charge in [-0.15, -0.1) is 22.7 Å². The Morgan fingerprint density at radius 3 is 1.70 bits per heavy atom. The molecule has 10 aromatic rings. The predicted octanol–water partition coefficient (Wildman–Crippen LogP) is 14.5. The molecule has 0 aliphatic heterocycles. The van der Waals surface area contributed by atoms with Gasteiger partial charge >= 0.3 is 0 Å². The van der Waals surface area contributed by atoms with Crippen LogP contribution in [-0.2, 0) is 6.42 Å². The predicted molar refractivity (Wildman–Crippen MR) is 232 cm³/mol. The monoisotopic (exact) mass is 779 g/mol. The van der Waals surface area contributed by atoms with Gasteiger partial charge in [0.05, 0.1) is 18.2 Å². The van der Waals surface area contributed by atoms with E-state index < -0.39 is 0 Å².